The van der Waals surface area contributed by atoms with Crippen molar-refractivity contribution in [2.45, 2.75) is 6.42 Å². The van der Waals surface area contributed by atoms with Gasteiger partial charge in [0.2, 0.25) is 0 Å². The summed E-state index contributed by atoms with van der Waals surface area (Å²) in [7, 11) is 1.59. The van der Waals surface area contributed by atoms with Gasteiger partial charge in [-0.1, -0.05) is 0 Å². The molecule has 3 heteroatoms. The maximum Gasteiger partial charge on any atom is 0.121 e. The molecule has 0 atom stereocenters. The van der Waals surface area contributed by atoms with E-state index in [1.165, 1.54) is 0 Å². The van der Waals surface area contributed by atoms with Crippen LogP contribution in [0.1, 0.15) is 12.0 Å². The third-order valence-corrected chi connectivity index (χ3v) is 1.93. The van der Waals surface area contributed by atoms with Crippen LogP contribution in [0.25, 0.3) is 0 Å². The highest BCUT2D eigenvalue weighted by Crippen LogP contribution is 2.21. The highest BCUT2D eigenvalue weighted by molar-refractivity contribution is 5.60. The van der Waals surface area contributed by atoms with Gasteiger partial charge in [-0.25, -0.2) is 0 Å². The van der Waals surface area contributed by atoms with Crippen LogP contribution in [0.2, 0.25) is 0 Å². The molecule has 0 radical (unpaired) electrons. The number of hydrogen-bond donors (Lipinski definition) is 1. The zero-order chi connectivity index (χ0) is 11.1. The SMILES string of the molecule is C#CCCNc1cc(OC)ccc1C#N. The first-order valence-electron chi connectivity index (χ1n) is 4.57. The Balaban J connectivity index is 2.83. The Morgan fingerprint density at radius 1 is 1.53 bits per heavy atom. The number of anilines is 1. The first kappa shape index (κ1) is 10.9. The number of nitrogens with zero attached hydrogens (tertiary/aromatic N) is 1. The molecule has 0 aliphatic heterocycles. The summed E-state index contributed by atoms with van der Waals surface area (Å²) in [5, 5.41) is 12.0. The normalized spacial score (nSPS) is 8.73. The first-order valence-corrected chi connectivity index (χ1v) is 4.57. The first-order chi connectivity index (χ1) is 7.31. The Morgan fingerprint density at radius 2 is 2.33 bits per heavy atom. The molecule has 1 aromatic carbocycles. The van der Waals surface area contributed by atoms with Crippen molar-refractivity contribution in [3.8, 4) is 24.2 Å². The predicted octanol–water partition coefficient (Wildman–Crippen LogP) is 2.00. The zero-order valence-corrected chi connectivity index (χ0v) is 8.58. The second-order valence-corrected chi connectivity index (χ2v) is 2.90. The maximum atomic E-state index is 8.87. The topological polar surface area (TPSA) is 45.0 Å². The lowest BCUT2D eigenvalue weighted by molar-refractivity contribution is 0.415. The molecular weight excluding hydrogens is 188 g/mol. The van der Waals surface area contributed by atoms with Gasteiger partial charge in [0.1, 0.15) is 11.8 Å². The van der Waals surface area contributed by atoms with Crippen molar-refractivity contribution in [1.82, 2.24) is 0 Å². The molecule has 0 spiro atoms. The van der Waals surface area contributed by atoms with E-state index in [4.69, 9.17) is 16.4 Å². The number of rotatable bonds is 4. The Bertz CT molecular complexity index is 413. The minimum atomic E-state index is 0.591. The van der Waals surface area contributed by atoms with Crippen molar-refractivity contribution in [3.05, 3.63) is 23.8 Å². The Labute approximate surface area is 89.7 Å². The number of ether oxygens (including phenoxy) is 1. The third kappa shape index (κ3) is 2.93. The second-order valence-electron chi connectivity index (χ2n) is 2.90. The van der Waals surface area contributed by atoms with Crippen LogP contribution in [0.3, 0.4) is 0 Å². The fourth-order valence-electron chi connectivity index (χ4n) is 1.16. The summed E-state index contributed by atoms with van der Waals surface area (Å²) in [5.74, 6) is 3.25. The van der Waals surface area contributed by atoms with E-state index in [-0.39, 0.29) is 0 Å². The lowest BCUT2D eigenvalue weighted by atomic mass is 10.2. The van der Waals surface area contributed by atoms with Gasteiger partial charge >= 0.3 is 0 Å². The maximum absolute atomic E-state index is 8.87. The van der Waals surface area contributed by atoms with Gasteiger partial charge in [0, 0.05) is 19.0 Å². The van der Waals surface area contributed by atoms with Crippen LogP contribution < -0.4 is 10.1 Å². The third-order valence-electron chi connectivity index (χ3n) is 1.93. The summed E-state index contributed by atoms with van der Waals surface area (Å²) in [6.45, 7) is 0.651. The molecule has 3 nitrogen and oxygen atoms in total. The molecule has 0 aromatic heterocycles. The molecule has 0 saturated carbocycles. The van der Waals surface area contributed by atoms with Crippen molar-refractivity contribution in [3.63, 3.8) is 0 Å². The second kappa shape index (κ2) is 5.57. The van der Waals surface area contributed by atoms with Crippen molar-refractivity contribution in [2.75, 3.05) is 19.0 Å². The fraction of sp³-hybridized carbons (Fsp3) is 0.250. The fourth-order valence-corrected chi connectivity index (χ4v) is 1.16. The molecule has 0 aliphatic carbocycles. The molecule has 76 valence electrons. The molecule has 1 N–H and O–H groups in total. The summed E-state index contributed by atoms with van der Waals surface area (Å²) in [4.78, 5) is 0. The monoisotopic (exact) mass is 200 g/mol. The van der Waals surface area contributed by atoms with Crippen LogP contribution in [0, 0.1) is 23.7 Å². The molecule has 1 aromatic rings. The molecule has 0 amide bonds. The van der Waals surface area contributed by atoms with Gasteiger partial charge in [-0.2, -0.15) is 5.26 Å². The highest BCUT2D eigenvalue weighted by Gasteiger charge is 2.02. The predicted molar refractivity (Wildman–Crippen MR) is 59.6 cm³/mol. The molecule has 0 aliphatic rings. The molecule has 1 rings (SSSR count). The van der Waals surface area contributed by atoms with E-state index in [1.807, 2.05) is 0 Å². The van der Waals surface area contributed by atoms with Gasteiger partial charge in [-0.05, 0) is 12.1 Å². The zero-order valence-electron chi connectivity index (χ0n) is 8.58. The van der Waals surface area contributed by atoms with Crippen LogP contribution >= 0.6 is 0 Å². The number of methoxy groups -OCH3 is 1. The largest absolute Gasteiger partial charge is 0.497 e. The smallest absolute Gasteiger partial charge is 0.121 e. The van der Waals surface area contributed by atoms with Gasteiger partial charge in [-0.15, -0.1) is 12.3 Å². The van der Waals surface area contributed by atoms with Crippen LogP contribution in [0.5, 0.6) is 5.75 Å². The quantitative estimate of drug-likeness (QED) is 0.597. The molecule has 0 bridgehead atoms. The van der Waals surface area contributed by atoms with Crippen LogP contribution in [0.4, 0.5) is 5.69 Å². The van der Waals surface area contributed by atoms with Gasteiger partial charge in [0.15, 0.2) is 0 Å². The molecule has 0 fully saturated rings. The summed E-state index contributed by atoms with van der Waals surface area (Å²) >= 11 is 0. The lowest BCUT2D eigenvalue weighted by Crippen LogP contribution is -2.02. The number of nitriles is 1. The standard InChI is InChI=1S/C12H12N2O/c1-3-4-7-14-12-8-11(15-2)6-5-10(12)9-13/h1,5-6,8,14H,4,7H2,2H3. The molecule has 0 saturated heterocycles. The highest BCUT2D eigenvalue weighted by atomic mass is 16.5. The summed E-state index contributed by atoms with van der Waals surface area (Å²) < 4.78 is 5.07. The number of benzene rings is 1. The van der Waals surface area contributed by atoms with E-state index < -0.39 is 0 Å². The summed E-state index contributed by atoms with van der Waals surface area (Å²) in [6, 6.07) is 7.37. The lowest BCUT2D eigenvalue weighted by Gasteiger charge is -2.08. The average Bonchev–Trinajstić information content (AvgIpc) is 2.29. The minimum Gasteiger partial charge on any atom is -0.497 e. The van der Waals surface area contributed by atoms with E-state index in [0.29, 0.717) is 18.5 Å². The molecular formula is C12H12N2O. The van der Waals surface area contributed by atoms with Crippen LogP contribution in [-0.2, 0) is 0 Å². The van der Waals surface area contributed by atoms with Crippen molar-refractivity contribution in [1.29, 1.82) is 5.26 Å². The molecule has 15 heavy (non-hydrogen) atoms. The Hall–Kier alpha value is -2.13. The number of hydrogen-bond acceptors (Lipinski definition) is 3. The van der Waals surface area contributed by atoms with Crippen LogP contribution in [-0.4, -0.2) is 13.7 Å². The van der Waals surface area contributed by atoms with E-state index in [1.54, 1.807) is 25.3 Å². The van der Waals surface area contributed by atoms with Gasteiger partial charge in [-0.3, -0.25) is 0 Å². The van der Waals surface area contributed by atoms with Gasteiger partial charge < -0.3 is 10.1 Å². The minimum absolute atomic E-state index is 0.591. The van der Waals surface area contributed by atoms with Crippen molar-refractivity contribution >= 4 is 5.69 Å². The average molecular weight is 200 g/mol. The Morgan fingerprint density at radius 3 is 2.93 bits per heavy atom. The number of nitrogens with one attached hydrogen (secondary N) is 1. The van der Waals surface area contributed by atoms with Crippen molar-refractivity contribution < 1.29 is 4.74 Å². The molecule has 0 unspecified atom stereocenters. The number of terminal acetylenes is 1. The molecule has 0 heterocycles. The van der Waals surface area contributed by atoms with E-state index >= 15 is 0 Å². The van der Waals surface area contributed by atoms with Gasteiger partial charge in [0.05, 0.1) is 18.4 Å². The van der Waals surface area contributed by atoms with E-state index in [9.17, 15) is 0 Å². The van der Waals surface area contributed by atoms with Crippen LogP contribution in [0.15, 0.2) is 18.2 Å². The van der Waals surface area contributed by atoms with Gasteiger partial charge in [0.25, 0.3) is 0 Å². The summed E-state index contributed by atoms with van der Waals surface area (Å²) in [5.41, 5.74) is 1.35. The van der Waals surface area contributed by atoms with E-state index in [2.05, 4.69) is 17.3 Å². The van der Waals surface area contributed by atoms with Crippen molar-refractivity contribution in [2.24, 2.45) is 0 Å². The van der Waals surface area contributed by atoms with E-state index in [0.717, 1.165) is 11.4 Å². The summed E-state index contributed by atoms with van der Waals surface area (Å²) in [6.07, 6.45) is 5.77. The Kier molecular flexibility index (Phi) is 4.06.